The lowest BCUT2D eigenvalue weighted by molar-refractivity contribution is -0.131. The Balaban J connectivity index is 1.92. The van der Waals surface area contributed by atoms with Gasteiger partial charge in [-0.25, -0.2) is 4.79 Å². The van der Waals surface area contributed by atoms with Gasteiger partial charge in [0, 0.05) is 17.2 Å². The molecule has 156 valence electrons. The van der Waals surface area contributed by atoms with Crippen LogP contribution in [-0.4, -0.2) is 21.3 Å². The number of allylic oxidation sites excluding steroid dienone is 1. The highest BCUT2D eigenvalue weighted by Gasteiger charge is 2.16. The third-order valence-corrected chi connectivity index (χ3v) is 6.35. The van der Waals surface area contributed by atoms with Crippen molar-refractivity contribution in [2.24, 2.45) is 0 Å². The number of aromatic amines is 1. The Hall–Kier alpha value is -3.44. The van der Waals surface area contributed by atoms with Crippen molar-refractivity contribution >= 4 is 45.4 Å². The van der Waals surface area contributed by atoms with E-state index in [9.17, 15) is 4.79 Å². The van der Waals surface area contributed by atoms with Gasteiger partial charge in [-0.3, -0.25) is 5.10 Å². The highest BCUT2D eigenvalue weighted by atomic mass is 32.1. The van der Waals surface area contributed by atoms with E-state index in [1.807, 2.05) is 19.1 Å². The number of carboxylic acid groups (broad SMARTS) is 1. The Labute approximate surface area is 185 Å². The molecule has 0 aliphatic heterocycles. The molecule has 4 nitrogen and oxygen atoms in total. The molecule has 0 atom stereocenters. The Bertz CT molecular complexity index is 1310. The normalized spacial score (nSPS) is 12.5. The van der Waals surface area contributed by atoms with E-state index in [0.29, 0.717) is 0 Å². The molecule has 0 bridgehead atoms. The van der Waals surface area contributed by atoms with E-state index < -0.39 is 5.97 Å². The minimum atomic E-state index is -0.949. The maximum atomic E-state index is 10.8. The Morgan fingerprint density at radius 3 is 2.48 bits per heavy atom. The summed E-state index contributed by atoms with van der Waals surface area (Å²) >= 11 is 1.72. The topological polar surface area (TPSA) is 66.0 Å². The van der Waals surface area contributed by atoms with Gasteiger partial charge in [-0.1, -0.05) is 37.3 Å². The van der Waals surface area contributed by atoms with Crippen LogP contribution in [0.2, 0.25) is 0 Å². The van der Waals surface area contributed by atoms with Gasteiger partial charge in [-0.15, -0.1) is 0 Å². The lowest BCUT2D eigenvalue weighted by Crippen LogP contribution is -1.96. The molecular weight excluding hydrogens is 404 g/mol. The number of hydrogen-bond donors (Lipinski definition) is 2. The molecule has 0 aliphatic rings. The summed E-state index contributed by atoms with van der Waals surface area (Å²) in [6, 6.07) is 14.5. The summed E-state index contributed by atoms with van der Waals surface area (Å²) in [7, 11) is 0. The smallest absolute Gasteiger partial charge is 0.328 e. The molecule has 0 saturated carbocycles. The SMILES string of the molecule is CC/C(=C(/c1ccc(/C=C/C(=O)O)cc1)c1ccc2n[nH]c(C)c2c1)c1cscc1C. The number of nitrogens with zero attached hydrogens (tertiary/aromatic N) is 1. The molecule has 4 rings (SSSR count). The molecule has 31 heavy (non-hydrogen) atoms. The van der Waals surface area contributed by atoms with E-state index >= 15 is 0 Å². The Morgan fingerprint density at radius 2 is 1.84 bits per heavy atom. The fourth-order valence-electron chi connectivity index (χ4n) is 3.91. The quantitative estimate of drug-likeness (QED) is 0.336. The molecule has 0 unspecified atom stereocenters. The first-order valence-electron chi connectivity index (χ1n) is 10.2. The maximum absolute atomic E-state index is 10.8. The van der Waals surface area contributed by atoms with Crippen molar-refractivity contribution < 1.29 is 9.90 Å². The predicted octanol–water partition coefficient (Wildman–Crippen LogP) is 6.71. The summed E-state index contributed by atoms with van der Waals surface area (Å²) in [6.07, 6.45) is 3.67. The molecular formula is C26H24N2O2S. The Kier molecular flexibility index (Phi) is 5.87. The van der Waals surface area contributed by atoms with Crippen LogP contribution in [0.1, 0.15) is 46.9 Å². The van der Waals surface area contributed by atoms with E-state index in [4.69, 9.17) is 5.11 Å². The molecule has 0 aliphatic carbocycles. The average molecular weight is 429 g/mol. The van der Waals surface area contributed by atoms with Crippen LogP contribution in [0.25, 0.3) is 28.1 Å². The number of hydrogen-bond acceptors (Lipinski definition) is 3. The van der Waals surface area contributed by atoms with Crippen LogP contribution >= 0.6 is 11.3 Å². The Morgan fingerprint density at radius 1 is 1.10 bits per heavy atom. The van der Waals surface area contributed by atoms with Crippen LogP contribution in [0.3, 0.4) is 0 Å². The zero-order valence-electron chi connectivity index (χ0n) is 17.8. The third-order valence-electron chi connectivity index (χ3n) is 5.49. The summed E-state index contributed by atoms with van der Waals surface area (Å²) in [5, 5.41) is 21.9. The molecule has 4 aromatic rings. The lowest BCUT2D eigenvalue weighted by Gasteiger charge is -2.17. The first-order chi connectivity index (χ1) is 15.0. The van der Waals surface area contributed by atoms with Crippen molar-refractivity contribution in [3.8, 4) is 0 Å². The van der Waals surface area contributed by atoms with Crippen molar-refractivity contribution in [1.82, 2.24) is 10.2 Å². The summed E-state index contributed by atoms with van der Waals surface area (Å²) in [5.41, 5.74) is 10.2. The predicted molar refractivity (Wildman–Crippen MR) is 129 cm³/mol. The van der Waals surface area contributed by atoms with Crippen LogP contribution in [0.5, 0.6) is 0 Å². The number of H-pyrrole nitrogens is 1. The molecule has 0 saturated heterocycles. The van der Waals surface area contributed by atoms with E-state index in [0.717, 1.165) is 45.8 Å². The van der Waals surface area contributed by atoms with Gasteiger partial charge >= 0.3 is 5.97 Å². The molecule has 0 fully saturated rings. The molecule has 2 aromatic heterocycles. The van der Waals surface area contributed by atoms with E-state index in [2.05, 4.69) is 65.1 Å². The van der Waals surface area contributed by atoms with Crippen molar-refractivity contribution in [3.63, 3.8) is 0 Å². The summed E-state index contributed by atoms with van der Waals surface area (Å²) in [5.74, 6) is -0.949. The number of benzene rings is 2. The van der Waals surface area contributed by atoms with Crippen molar-refractivity contribution in [2.45, 2.75) is 27.2 Å². The number of aromatic nitrogens is 2. The van der Waals surface area contributed by atoms with Crippen molar-refractivity contribution in [2.75, 3.05) is 0 Å². The van der Waals surface area contributed by atoms with E-state index in [1.165, 1.54) is 22.3 Å². The summed E-state index contributed by atoms with van der Waals surface area (Å²) < 4.78 is 0. The van der Waals surface area contributed by atoms with Gasteiger partial charge in [0.15, 0.2) is 0 Å². The van der Waals surface area contributed by atoms with Gasteiger partial charge in [0.05, 0.1) is 5.52 Å². The first-order valence-corrected chi connectivity index (χ1v) is 11.1. The van der Waals surface area contributed by atoms with E-state index in [-0.39, 0.29) is 0 Å². The highest BCUT2D eigenvalue weighted by Crippen LogP contribution is 2.38. The number of carboxylic acids is 1. The molecule has 0 amide bonds. The maximum Gasteiger partial charge on any atom is 0.328 e. The monoisotopic (exact) mass is 428 g/mol. The van der Waals surface area contributed by atoms with Gasteiger partial charge in [-0.2, -0.15) is 16.4 Å². The zero-order valence-corrected chi connectivity index (χ0v) is 18.6. The van der Waals surface area contributed by atoms with Gasteiger partial charge in [-0.05, 0) is 88.2 Å². The number of aryl methyl sites for hydroxylation is 2. The van der Waals surface area contributed by atoms with Crippen LogP contribution in [0.15, 0.2) is 59.3 Å². The number of carbonyl (C=O) groups is 1. The van der Waals surface area contributed by atoms with Gasteiger partial charge in [0.2, 0.25) is 0 Å². The third kappa shape index (κ3) is 4.23. The minimum Gasteiger partial charge on any atom is -0.478 e. The van der Waals surface area contributed by atoms with Crippen LogP contribution < -0.4 is 0 Å². The summed E-state index contributed by atoms with van der Waals surface area (Å²) in [4.78, 5) is 10.8. The standard InChI is InChI=1S/C26H24N2O2S/c1-4-21(23-15-31-14-16(23)2)26(19-8-5-18(6-9-19)7-12-25(29)30)20-10-11-24-22(13-20)17(3)27-28-24/h5-15H,4H2,1-3H3,(H,27,28)(H,29,30)/b12-7+,26-21+. The molecule has 0 spiro atoms. The molecule has 0 radical (unpaired) electrons. The second-order valence-electron chi connectivity index (χ2n) is 7.55. The number of rotatable bonds is 6. The fourth-order valence-corrected chi connectivity index (χ4v) is 4.77. The molecule has 5 heteroatoms. The molecule has 2 heterocycles. The average Bonchev–Trinajstić information content (AvgIpc) is 3.36. The second-order valence-corrected chi connectivity index (χ2v) is 8.29. The number of fused-ring (bicyclic) bond motifs is 1. The molecule has 2 N–H and O–H groups in total. The van der Waals surface area contributed by atoms with Crippen LogP contribution in [-0.2, 0) is 4.79 Å². The van der Waals surface area contributed by atoms with E-state index in [1.54, 1.807) is 17.4 Å². The largest absolute Gasteiger partial charge is 0.478 e. The number of nitrogens with one attached hydrogen (secondary N) is 1. The van der Waals surface area contributed by atoms with Crippen molar-refractivity contribution in [1.29, 1.82) is 0 Å². The van der Waals surface area contributed by atoms with Crippen LogP contribution in [0, 0.1) is 13.8 Å². The van der Waals surface area contributed by atoms with Crippen LogP contribution in [0.4, 0.5) is 0 Å². The van der Waals surface area contributed by atoms with Gasteiger partial charge < -0.3 is 5.11 Å². The summed E-state index contributed by atoms with van der Waals surface area (Å²) in [6.45, 7) is 6.39. The lowest BCUT2D eigenvalue weighted by atomic mass is 9.87. The minimum absolute atomic E-state index is 0.858. The fraction of sp³-hybridized carbons (Fsp3) is 0.154. The number of aliphatic carboxylic acids is 1. The zero-order chi connectivity index (χ0) is 22.0. The molecule has 2 aromatic carbocycles. The van der Waals surface area contributed by atoms with Gasteiger partial charge in [0.1, 0.15) is 0 Å². The van der Waals surface area contributed by atoms with Gasteiger partial charge in [0.25, 0.3) is 0 Å². The highest BCUT2D eigenvalue weighted by molar-refractivity contribution is 7.08. The second kappa shape index (κ2) is 8.74. The number of thiophene rings is 1. The first kappa shape index (κ1) is 20.8. The van der Waals surface area contributed by atoms with Crippen molar-refractivity contribution in [3.05, 3.63) is 92.8 Å².